The Morgan fingerprint density at radius 3 is 2.38 bits per heavy atom. The van der Waals surface area contributed by atoms with Gasteiger partial charge in [0.1, 0.15) is 5.56 Å². The Labute approximate surface area is 123 Å². The van der Waals surface area contributed by atoms with Crippen LogP contribution in [0.4, 0.5) is 0 Å². The summed E-state index contributed by atoms with van der Waals surface area (Å²) >= 11 is 0. The summed E-state index contributed by atoms with van der Waals surface area (Å²) in [6, 6.07) is 21.1. The maximum absolute atomic E-state index is 4.31. The van der Waals surface area contributed by atoms with E-state index >= 15 is 0 Å². The molecule has 2 aromatic carbocycles. The third-order valence-electron chi connectivity index (χ3n) is 3.12. The van der Waals surface area contributed by atoms with Gasteiger partial charge in [-0.2, -0.15) is 12.4 Å². The van der Waals surface area contributed by atoms with Crippen LogP contribution in [-0.4, -0.2) is 0 Å². The van der Waals surface area contributed by atoms with Crippen LogP contribution in [-0.2, 0) is 0 Å². The van der Waals surface area contributed by atoms with Gasteiger partial charge in [-0.1, -0.05) is 48.6 Å². The first kappa shape index (κ1) is 13.0. The van der Waals surface area contributed by atoms with E-state index in [0.717, 1.165) is 21.6 Å². The topological polar surface area (TPSA) is 18.5 Å². The van der Waals surface area contributed by atoms with E-state index in [1.54, 1.807) is 12.4 Å². The van der Waals surface area contributed by atoms with E-state index in [0.29, 0.717) is 0 Å². The third-order valence-corrected chi connectivity index (χ3v) is 3.12. The van der Waals surface area contributed by atoms with E-state index in [9.17, 15) is 0 Å². The predicted octanol–water partition coefficient (Wildman–Crippen LogP) is 3.37. The van der Waals surface area contributed by atoms with E-state index in [4.69, 9.17) is 0 Å². The van der Waals surface area contributed by atoms with Gasteiger partial charge in [-0.25, -0.2) is 0 Å². The monoisotopic (exact) mass is 270 g/mol. The fourth-order valence-corrected chi connectivity index (χ4v) is 2.09. The van der Waals surface area contributed by atoms with Crippen LogP contribution >= 0.6 is 0 Å². The van der Waals surface area contributed by atoms with E-state index in [1.807, 2.05) is 66.9 Å². The van der Waals surface area contributed by atoms with Crippen LogP contribution in [0, 0.1) is 6.07 Å². The Hall–Kier alpha value is -3.05. The first-order valence-corrected chi connectivity index (χ1v) is 6.77. The van der Waals surface area contributed by atoms with Gasteiger partial charge in [0.05, 0.1) is 5.22 Å². The van der Waals surface area contributed by atoms with Gasteiger partial charge >= 0.3 is 12.3 Å². The molecule has 2 heteroatoms. The van der Waals surface area contributed by atoms with Crippen molar-refractivity contribution in [2.75, 3.05) is 0 Å². The summed E-state index contributed by atoms with van der Waals surface area (Å²) in [5, 5.41) is 6.26. The van der Waals surface area contributed by atoms with E-state index in [1.165, 1.54) is 0 Å². The normalized spacial score (nSPS) is 13.5. The highest BCUT2D eigenvalue weighted by atomic mass is 14.8. The maximum atomic E-state index is 4.31. The van der Waals surface area contributed by atoms with Crippen molar-refractivity contribution in [2.24, 2.45) is 0 Å². The molecule has 0 N–H and O–H groups in total. The third kappa shape index (κ3) is 3.29. The molecule has 0 saturated carbocycles. The zero-order chi connectivity index (χ0) is 14.3. The molecule has 0 spiro atoms. The molecule has 0 fully saturated rings. The molecule has 0 aliphatic carbocycles. The second-order valence-electron chi connectivity index (χ2n) is 4.56. The summed E-state index contributed by atoms with van der Waals surface area (Å²) in [6.45, 7) is 0. The summed E-state index contributed by atoms with van der Waals surface area (Å²) < 4.78 is 0. The van der Waals surface area contributed by atoms with E-state index in [-0.39, 0.29) is 0 Å². The van der Waals surface area contributed by atoms with E-state index in [2.05, 4.69) is 22.3 Å². The van der Waals surface area contributed by atoms with Crippen molar-refractivity contribution < 1.29 is 0 Å². The molecule has 1 aliphatic heterocycles. The van der Waals surface area contributed by atoms with Crippen molar-refractivity contribution in [3.8, 4) is 6.07 Å². The molecule has 0 unspecified atom stereocenters. The molecule has 0 aromatic heterocycles. The van der Waals surface area contributed by atoms with Gasteiger partial charge in [0.25, 0.3) is 0 Å². The zero-order valence-electron chi connectivity index (χ0n) is 11.5. The lowest BCUT2D eigenvalue weighted by atomic mass is 10.1. The Morgan fingerprint density at radius 1 is 0.857 bits per heavy atom. The van der Waals surface area contributed by atoms with Crippen LogP contribution in [0.15, 0.2) is 79.1 Å². The summed E-state index contributed by atoms with van der Waals surface area (Å²) in [6.07, 6.45) is 9.42. The first-order valence-electron chi connectivity index (χ1n) is 6.77. The van der Waals surface area contributed by atoms with Crippen LogP contribution in [0.1, 0.15) is 5.56 Å². The molecular formula is C19H14N2. The summed E-state index contributed by atoms with van der Waals surface area (Å²) in [5.74, 6) is 0. The molecule has 0 saturated heterocycles. The lowest BCUT2D eigenvalue weighted by Gasteiger charge is -2.12. The number of nitrogens with zero attached hydrogens (tertiary/aromatic N) is 2. The fourth-order valence-electron chi connectivity index (χ4n) is 2.09. The average Bonchev–Trinajstić information content (AvgIpc) is 2.57. The van der Waals surface area contributed by atoms with Gasteiger partial charge in [0.15, 0.2) is 0 Å². The van der Waals surface area contributed by atoms with Crippen LogP contribution in [0.25, 0.3) is 21.9 Å². The van der Waals surface area contributed by atoms with Crippen LogP contribution < -0.4 is 10.4 Å². The lowest BCUT2D eigenvalue weighted by Crippen LogP contribution is -2.25. The molecule has 0 atom stereocenters. The molecule has 3 rings (SSSR count). The molecule has 0 radical (unpaired) electrons. The Balaban J connectivity index is 2.07. The number of benzene rings is 2. The second-order valence-corrected chi connectivity index (χ2v) is 4.56. The average molecular weight is 270 g/mol. The van der Waals surface area contributed by atoms with Crippen molar-refractivity contribution in [1.29, 1.82) is 0 Å². The predicted molar refractivity (Wildman–Crippen MR) is 88.0 cm³/mol. The highest BCUT2D eigenvalue weighted by Crippen LogP contribution is 2.08. The minimum Gasteiger partial charge on any atom is -0.670 e. The Bertz CT molecular complexity index is 849. The molecule has 0 bridgehead atoms. The number of rotatable bonds is 0. The first-order chi connectivity index (χ1) is 10.4. The molecule has 1 aliphatic rings. The second kappa shape index (κ2) is 6.40. The van der Waals surface area contributed by atoms with Gasteiger partial charge in [0.2, 0.25) is 0 Å². The number of allylic oxidation sites excluding steroid dienone is 2. The zero-order valence-corrected chi connectivity index (χ0v) is 11.5. The Morgan fingerprint density at radius 2 is 1.57 bits per heavy atom. The highest BCUT2D eigenvalue weighted by Gasteiger charge is 1.95. The molecular weight excluding hydrogens is 256 g/mol. The number of hydrogen-bond acceptors (Lipinski definition) is 0. The smallest absolute Gasteiger partial charge is 0.319 e. The van der Waals surface area contributed by atoms with Crippen molar-refractivity contribution in [2.45, 2.75) is 0 Å². The van der Waals surface area contributed by atoms with Crippen molar-refractivity contribution in [3.63, 3.8) is 0 Å². The van der Waals surface area contributed by atoms with Crippen LogP contribution in [0.3, 0.4) is 0 Å². The standard InChI is InChI=1S/C19H14N2/c1-2-6-16(7-3-1)14-21-15-18-8-4-5-9-19(18)17-10-12-20-13-11-17/h1-13,15H/b18-15-. The van der Waals surface area contributed by atoms with Gasteiger partial charge in [-0.3, -0.25) is 0 Å². The fraction of sp³-hybridized carbons (Fsp3) is 0. The minimum atomic E-state index is 0.968. The van der Waals surface area contributed by atoms with Gasteiger partial charge in [-0.15, -0.1) is 0 Å². The van der Waals surface area contributed by atoms with Crippen molar-refractivity contribution in [3.05, 3.63) is 105 Å². The SMILES string of the molecule is C(#[N+]/C=c1/ccccc1=C1C=C[N-]C=C1)c1ccccc1. The molecule has 2 aromatic rings. The maximum Gasteiger partial charge on any atom is 0.319 e. The molecule has 21 heavy (non-hydrogen) atoms. The van der Waals surface area contributed by atoms with Crippen molar-refractivity contribution in [1.82, 2.24) is 0 Å². The van der Waals surface area contributed by atoms with Gasteiger partial charge < -0.3 is 5.32 Å². The Kier molecular flexibility index (Phi) is 3.95. The van der Waals surface area contributed by atoms with Crippen LogP contribution in [0.5, 0.6) is 0 Å². The molecule has 0 amide bonds. The quantitative estimate of drug-likeness (QED) is 0.699. The largest absolute Gasteiger partial charge is 0.670 e. The van der Waals surface area contributed by atoms with Gasteiger partial charge in [0, 0.05) is 0 Å². The summed E-state index contributed by atoms with van der Waals surface area (Å²) in [5.41, 5.74) is 2.10. The van der Waals surface area contributed by atoms with E-state index < -0.39 is 0 Å². The minimum absolute atomic E-state index is 0.968. The number of hydrogen-bond donors (Lipinski definition) is 0. The summed E-state index contributed by atoms with van der Waals surface area (Å²) in [7, 11) is 0. The highest BCUT2D eigenvalue weighted by molar-refractivity contribution is 5.70. The lowest BCUT2D eigenvalue weighted by molar-refractivity contribution is 1.49. The molecule has 1 heterocycles. The molecule has 100 valence electrons. The van der Waals surface area contributed by atoms with Crippen LogP contribution in [0.2, 0.25) is 0 Å². The molecule has 2 nitrogen and oxygen atoms in total. The van der Waals surface area contributed by atoms with Crippen molar-refractivity contribution >= 4 is 11.8 Å². The van der Waals surface area contributed by atoms with Gasteiger partial charge in [-0.05, 0) is 33.8 Å². The summed E-state index contributed by atoms with van der Waals surface area (Å²) in [4.78, 5) is 4.31.